The Balaban J connectivity index is 1.94. The molecule has 0 aromatic heterocycles. The lowest BCUT2D eigenvalue weighted by Crippen LogP contribution is -2.28. The van der Waals surface area contributed by atoms with Crippen LogP contribution in [0.3, 0.4) is 0 Å². The van der Waals surface area contributed by atoms with E-state index in [0.717, 1.165) is 41.5 Å². The van der Waals surface area contributed by atoms with Gasteiger partial charge in [-0.1, -0.05) is 17.3 Å². The summed E-state index contributed by atoms with van der Waals surface area (Å²) in [4.78, 5) is 25.1. The van der Waals surface area contributed by atoms with Crippen molar-refractivity contribution in [2.75, 3.05) is 39.1 Å². The molecular weight excluding hydrogens is 294 g/mol. The number of amidine groups is 1. The molecule has 23 heavy (non-hydrogen) atoms. The minimum Gasteiger partial charge on any atom is -0.382 e. The predicted molar refractivity (Wildman–Crippen MR) is 90.0 cm³/mol. The van der Waals surface area contributed by atoms with Crippen molar-refractivity contribution in [3.8, 4) is 0 Å². The van der Waals surface area contributed by atoms with Crippen molar-refractivity contribution in [3.63, 3.8) is 0 Å². The van der Waals surface area contributed by atoms with Crippen LogP contribution in [0.25, 0.3) is 0 Å². The van der Waals surface area contributed by atoms with Gasteiger partial charge in [0, 0.05) is 50.9 Å². The summed E-state index contributed by atoms with van der Waals surface area (Å²) < 4.78 is 0. The summed E-state index contributed by atoms with van der Waals surface area (Å²) in [5, 5.41) is 4.04. The Bertz CT molecular complexity index is 696. The maximum absolute atomic E-state index is 11.3. The Kier molecular flexibility index (Phi) is 3.94. The topological polar surface area (TPSA) is 83.5 Å². The van der Waals surface area contributed by atoms with Gasteiger partial charge in [-0.2, -0.15) is 0 Å². The van der Waals surface area contributed by atoms with Gasteiger partial charge in [0.15, 0.2) is 0 Å². The smallest absolute Gasteiger partial charge is 0.261 e. The number of oxime groups is 1. The summed E-state index contributed by atoms with van der Waals surface area (Å²) in [5.74, 6) is 0.507. The van der Waals surface area contributed by atoms with E-state index >= 15 is 0 Å². The predicted octanol–water partition coefficient (Wildman–Crippen LogP) is 0.423. The van der Waals surface area contributed by atoms with Gasteiger partial charge in [0.1, 0.15) is 5.84 Å². The molecule has 1 unspecified atom stereocenters. The van der Waals surface area contributed by atoms with E-state index in [9.17, 15) is 4.79 Å². The summed E-state index contributed by atoms with van der Waals surface area (Å²) in [6.45, 7) is 1.76. The standard InChI is InChI=1S/C16H21N5O2/c1-20(2)13-8-10(16-18-6-7-21(16)3)4-5-11(13)12-9-14(15(17)22)23-19-12/h4-5,8,14H,6-7,9H2,1-3H3,(H2,17,22). The minimum absolute atomic E-state index is 0.399. The van der Waals surface area contributed by atoms with Crippen LogP contribution >= 0.6 is 0 Å². The average molecular weight is 315 g/mol. The van der Waals surface area contributed by atoms with E-state index in [2.05, 4.69) is 21.1 Å². The van der Waals surface area contributed by atoms with Crippen LogP contribution in [0.5, 0.6) is 0 Å². The second kappa shape index (κ2) is 5.91. The largest absolute Gasteiger partial charge is 0.382 e. The summed E-state index contributed by atoms with van der Waals surface area (Å²) in [6.07, 6.45) is -0.277. The summed E-state index contributed by atoms with van der Waals surface area (Å²) >= 11 is 0. The third-order valence-corrected chi connectivity index (χ3v) is 4.09. The minimum atomic E-state index is -0.676. The Morgan fingerprint density at radius 1 is 1.43 bits per heavy atom. The number of nitrogens with zero attached hydrogens (tertiary/aromatic N) is 4. The van der Waals surface area contributed by atoms with Crippen LogP contribution < -0.4 is 10.6 Å². The first-order valence-electron chi connectivity index (χ1n) is 7.57. The van der Waals surface area contributed by atoms with Crippen LogP contribution in [0.1, 0.15) is 17.5 Å². The van der Waals surface area contributed by atoms with Gasteiger partial charge in [-0.25, -0.2) is 0 Å². The number of benzene rings is 1. The van der Waals surface area contributed by atoms with Crippen LogP contribution in [-0.4, -0.2) is 62.7 Å². The fraction of sp³-hybridized carbons (Fsp3) is 0.438. The summed E-state index contributed by atoms with van der Waals surface area (Å²) in [5.41, 5.74) is 9.06. The van der Waals surface area contributed by atoms with E-state index in [4.69, 9.17) is 10.6 Å². The van der Waals surface area contributed by atoms with Crippen LogP contribution in [0.2, 0.25) is 0 Å². The third-order valence-electron chi connectivity index (χ3n) is 4.09. The quantitative estimate of drug-likeness (QED) is 0.873. The number of amides is 1. The average Bonchev–Trinajstić information content (AvgIpc) is 3.15. The van der Waals surface area contributed by atoms with E-state index in [1.54, 1.807) is 0 Å². The molecule has 0 spiro atoms. The van der Waals surface area contributed by atoms with Crippen LogP contribution in [0.4, 0.5) is 5.69 Å². The molecule has 0 radical (unpaired) electrons. The normalized spacial score (nSPS) is 20.1. The van der Waals surface area contributed by atoms with Gasteiger partial charge in [-0.05, 0) is 6.07 Å². The van der Waals surface area contributed by atoms with Crippen molar-refractivity contribution in [1.29, 1.82) is 0 Å². The number of carbonyl (C=O) groups is 1. The number of aliphatic imine (C=N–C) groups is 1. The first-order chi connectivity index (χ1) is 11.0. The molecule has 0 saturated heterocycles. The fourth-order valence-corrected chi connectivity index (χ4v) is 2.82. The number of hydrogen-bond acceptors (Lipinski definition) is 6. The van der Waals surface area contributed by atoms with Crippen molar-refractivity contribution in [2.24, 2.45) is 15.9 Å². The molecule has 2 heterocycles. The Morgan fingerprint density at radius 2 is 2.22 bits per heavy atom. The van der Waals surface area contributed by atoms with Gasteiger partial charge in [-0.3, -0.25) is 9.79 Å². The second-order valence-corrected chi connectivity index (χ2v) is 5.99. The molecule has 3 rings (SSSR count). The number of nitrogens with two attached hydrogens (primary N) is 1. The highest BCUT2D eigenvalue weighted by molar-refractivity contribution is 6.09. The maximum Gasteiger partial charge on any atom is 0.261 e. The fourth-order valence-electron chi connectivity index (χ4n) is 2.82. The number of carbonyl (C=O) groups excluding carboxylic acids is 1. The van der Waals surface area contributed by atoms with Crippen molar-refractivity contribution in [3.05, 3.63) is 29.3 Å². The Labute approximate surface area is 135 Å². The Morgan fingerprint density at radius 3 is 2.78 bits per heavy atom. The number of likely N-dealkylation sites (N-methyl/N-ethyl adjacent to an activating group) is 1. The molecule has 2 aliphatic rings. The van der Waals surface area contributed by atoms with Crippen molar-refractivity contribution < 1.29 is 9.63 Å². The van der Waals surface area contributed by atoms with E-state index in [0.29, 0.717) is 6.42 Å². The zero-order valence-corrected chi connectivity index (χ0v) is 13.6. The van der Waals surface area contributed by atoms with E-state index in [-0.39, 0.29) is 0 Å². The molecule has 0 saturated carbocycles. The number of rotatable bonds is 4. The second-order valence-electron chi connectivity index (χ2n) is 5.99. The molecule has 0 aliphatic carbocycles. The van der Waals surface area contributed by atoms with Gasteiger partial charge >= 0.3 is 0 Å². The first kappa shape index (κ1) is 15.3. The van der Waals surface area contributed by atoms with Crippen molar-refractivity contribution in [2.45, 2.75) is 12.5 Å². The zero-order chi connectivity index (χ0) is 16.6. The van der Waals surface area contributed by atoms with E-state index in [1.807, 2.05) is 38.2 Å². The number of primary amides is 1. The highest BCUT2D eigenvalue weighted by Gasteiger charge is 2.28. The third kappa shape index (κ3) is 2.86. The Hall–Kier alpha value is -2.57. The van der Waals surface area contributed by atoms with E-state index in [1.165, 1.54) is 0 Å². The monoisotopic (exact) mass is 315 g/mol. The number of hydrogen-bond donors (Lipinski definition) is 1. The molecule has 1 aromatic carbocycles. The summed E-state index contributed by atoms with van der Waals surface area (Å²) in [6, 6.07) is 6.13. The van der Waals surface area contributed by atoms with Gasteiger partial charge in [-0.15, -0.1) is 0 Å². The molecule has 7 heteroatoms. The lowest BCUT2D eigenvalue weighted by Gasteiger charge is -2.20. The molecule has 1 atom stereocenters. The molecule has 7 nitrogen and oxygen atoms in total. The van der Waals surface area contributed by atoms with Crippen LogP contribution in [-0.2, 0) is 9.63 Å². The zero-order valence-electron chi connectivity index (χ0n) is 13.6. The SMILES string of the molecule is CN1CCN=C1c1ccc(C2=NOC(C(N)=O)C2)c(N(C)C)c1. The lowest BCUT2D eigenvalue weighted by molar-refractivity contribution is -0.127. The molecule has 0 fully saturated rings. The van der Waals surface area contributed by atoms with Gasteiger partial charge in [0.05, 0.1) is 12.3 Å². The van der Waals surface area contributed by atoms with Crippen molar-refractivity contribution in [1.82, 2.24) is 4.90 Å². The van der Waals surface area contributed by atoms with Gasteiger partial charge in [0.25, 0.3) is 5.91 Å². The molecule has 1 amide bonds. The first-order valence-corrected chi connectivity index (χ1v) is 7.57. The number of anilines is 1. The summed E-state index contributed by atoms with van der Waals surface area (Å²) in [7, 11) is 6.00. The molecular formula is C16H21N5O2. The lowest BCUT2D eigenvalue weighted by atomic mass is 9.99. The molecule has 122 valence electrons. The molecule has 2 aliphatic heterocycles. The van der Waals surface area contributed by atoms with Crippen LogP contribution in [0, 0.1) is 0 Å². The molecule has 0 bridgehead atoms. The van der Waals surface area contributed by atoms with Gasteiger partial charge < -0.3 is 20.4 Å². The maximum atomic E-state index is 11.3. The molecule has 1 aromatic rings. The van der Waals surface area contributed by atoms with Gasteiger partial charge in [0.2, 0.25) is 6.10 Å². The molecule has 2 N–H and O–H groups in total. The van der Waals surface area contributed by atoms with Crippen LogP contribution in [0.15, 0.2) is 28.3 Å². The highest BCUT2D eigenvalue weighted by Crippen LogP contribution is 2.27. The highest BCUT2D eigenvalue weighted by atomic mass is 16.6. The van der Waals surface area contributed by atoms with Crippen molar-refractivity contribution >= 4 is 23.1 Å². The van der Waals surface area contributed by atoms with E-state index < -0.39 is 12.0 Å².